The van der Waals surface area contributed by atoms with E-state index >= 15 is 0 Å². The maximum absolute atomic E-state index is 12.3. The molecule has 0 bridgehead atoms. The van der Waals surface area contributed by atoms with Crippen LogP contribution < -0.4 is 10.2 Å². The molecule has 0 unspecified atom stereocenters. The van der Waals surface area contributed by atoms with Gasteiger partial charge in [0.15, 0.2) is 5.82 Å². The van der Waals surface area contributed by atoms with Crippen molar-refractivity contribution in [3.05, 3.63) is 35.8 Å². The van der Waals surface area contributed by atoms with Crippen molar-refractivity contribution in [3.63, 3.8) is 0 Å². The van der Waals surface area contributed by atoms with Crippen LogP contribution in [0.5, 0.6) is 0 Å². The molecule has 7 heteroatoms. The molecule has 0 radical (unpaired) electrons. The fraction of sp³-hybridized carbons (Fsp3) is 0.474. The number of urea groups is 1. The van der Waals surface area contributed by atoms with Crippen LogP contribution in [0.2, 0.25) is 0 Å². The molecule has 4 rings (SSSR count). The molecule has 2 amide bonds. The van der Waals surface area contributed by atoms with E-state index in [1.54, 1.807) is 12.4 Å². The number of amides is 2. The highest BCUT2D eigenvalue weighted by atomic mass is 16.2. The van der Waals surface area contributed by atoms with E-state index in [4.69, 9.17) is 9.97 Å². The third kappa shape index (κ3) is 3.21. The first-order valence-corrected chi connectivity index (χ1v) is 9.34. The smallest absolute Gasteiger partial charge is 0.317 e. The Morgan fingerprint density at radius 1 is 1.23 bits per heavy atom. The van der Waals surface area contributed by atoms with Gasteiger partial charge in [0.25, 0.3) is 0 Å². The summed E-state index contributed by atoms with van der Waals surface area (Å²) >= 11 is 0. The van der Waals surface area contributed by atoms with E-state index in [1.807, 2.05) is 24.0 Å². The zero-order valence-corrected chi connectivity index (χ0v) is 15.1. The third-order valence-electron chi connectivity index (χ3n) is 4.98. The van der Waals surface area contributed by atoms with Crippen LogP contribution in [0.15, 0.2) is 24.5 Å². The zero-order valence-electron chi connectivity index (χ0n) is 15.1. The second-order valence-corrected chi connectivity index (χ2v) is 6.74. The normalized spacial score (nSPS) is 16.5. The molecule has 1 fully saturated rings. The SMILES string of the molecule is CCNC(=O)N1CCc2nc(-c3cccnc3)nc(N3CCCC3)c2C1. The van der Waals surface area contributed by atoms with E-state index in [-0.39, 0.29) is 6.03 Å². The summed E-state index contributed by atoms with van der Waals surface area (Å²) in [6.45, 7) is 5.85. The Hall–Kier alpha value is -2.70. The Bertz CT molecular complexity index is 788. The summed E-state index contributed by atoms with van der Waals surface area (Å²) in [7, 11) is 0. The van der Waals surface area contributed by atoms with Crippen LogP contribution in [-0.4, -0.2) is 52.1 Å². The van der Waals surface area contributed by atoms with E-state index in [1.165, 1.54) is 12.8 Å². The molecule has 1 N–H and O–H groups in total. The zero-order chi connectivity index (χ0) is 17.9. The highest BCUT2D eigenvalue weighted by Gasteiger charge is 2.28. The van der Waals surface area contributed by atoms with Crippen LogP contribution in [0.3, 0.4) is 0 Å². The van der Waals surface area contributed by atoms with Crippen LogP contribution in [0.1, 0.15) is 31.0 Å². The van der Waals surface area contributed by atoms with Crippen LogP contribution in [-0.2, 0) is 13.0 Å². The number of rotatable bonds is 3. The number of carbonyl (C=O) groups excluding carboxylic acids is 1. The molecule has 0 atom stereocenters. The van der Waals surface area contributed by atoms with Gasteiger partial charge in [-0.3, -0.25) is 4.98 Å². The standard InChI is InChI=1S/C19H24N6O/c1-2-21-19(26)25-11-7-16-15(13-25)18(24-9-3-4-10-24)23-17(22-16)14-6-5-8-20-12-14/h5-6,8,12H,2-4,7,9-11,13H2,1H3,(H,21,26). The third-order valence-corrected chi connectivity index (χ3v) is 4.98. The molecular formula is C19H24N6O. The van der Waals surface area contributed by atoms with Gasteiger partial charge in [-0.05, 0) is 31.9 Å². The fourth-order valence-electron chi connectivity index (χ4n) is 3.65. The van der Waals surface area contributed by atoms with Gasteiger partial charge in [-0.25, -0.2) is 14.8 Å². The molecule has 0 spiro atoms. The Labute approximate surface area is 153 Å². The lowest BCUT2D eigenvalue weighted by Gasteiger charge is -2.31. The van der Waals surface area contributed by atoms with E-state index in [2.05, 4.69) is 15.2 Å². The Kier molecular flexibility index (Phi) is 4.69. The highest BCUT2D eigenvalue weighted by Crippen LogP contribution is 2.31. The molecule has 136 valence electrons. The molecule has 1 saturated heterocycles. The average molecular weight is 352 g/mol. The molecule has 2 aliphatic heterocycles. The largest absolute Gasteiger partial charge is 0.356 e. The van der Waals surface area contributed by atoms with Crippen LogP contribution in [0.25, 0.3) is 11.4 Å². The Balaban J connectivity index is 1.73. The van der Waals surface area contributed by atoms with Gasteiger partial charge >= 0.3 is 6.03 Å². The summed E-state index contributed by atoms with van der Waals surface area (Å²) in [4.78, 5) is 30.4. The molecule has 0 saturated carbocycles. The monoisotopic (exact) mass is 352 g/mol. The van der Waals surface area contributed by atoms with Gasteiger partial charge in [-0.15, -0.1) is 0 Å². The second-order valence-electron chi connectivity index (χ2n) is 6.74. The van der Waals surface area contributed by atoms with Gasteiger partial charge in [0, 0.05) is 56.1 Å². The number of hydrogen-bond acceptors (Lipinski definition) is 5. The van der Waals surface area contributed by atoms with Crippen LogP contribution >= 0.6 is 0 Å². The lowest BCUT2D eigenvalue weighted by Crippen LogP contribution is -2.43. The summed E-state index contributed by atoms with van der Waals surface area (Å²) in [6.07, 6.45) is 6.68. The van der Waals surface area contributed by atoms with E-state index < -0.39 is 0 Å². The lowest BCUT2D eigenvalue weighted by atomic mass is 10.1. The Morgan fingerprint density at radius 2 is 2.08 bits per heavy atom. The summed E-state index contributed by atoms with van der Waals surface area (Å²) in [5, 5.41) is 2.90. The van der Waals surface area contributed by atoms with Crippen molar-refractivity contribution in [3.8, 4) is 11.4 Å². The van der Waals surface area contributed by atoms with Crippen molar-refractivity contribution < 1.29 is 4.79 Å². The molecule has 2 aromatic heterocycles. The van der Waals surface area contributed by atoms with E-state index in [0.717, 1.165) is 48.0 Å². The fourth-order valence-corrected chi connectivity index (χ4v) is 3.65. The first-order valence-electron chi connectivity index (χ1n) is 9.34. The van der Waals surface area contributed by atoms with Crippen molar-refractivity contribution in [1.82, 2.24) is 25.2 Å². The number of aromatic nitrogens is 3. The van der Waals surface area contributed by atoms with Crippen molar-refractivity contribution >= 4 is 11.8 Å². The minimum Gasteiger partial charge on any atom is -0.356 e. The number of fused-ring (bicyclic) bond motifs is 1. The molecule has 2 aliphatic rings. The van der Waals surface area contributed by atoms with E-state index in [0.29, 0.717) is 19.6 Å². The Morgan fingerprint density at radius 3 is 2.81 bits per heavy atom. The van der Waals surface area contributed by atoms with Gasteiger partial charge in [0.1, 0.15) is 5.82 Å². The predicted molar refractivity (Wildman–Crippen MR) is 99.9 cm³/mol. The average Bonchev–Trinajstić information content (AvgIpc) is 3.22. The molecule has 0 aromatic carbocycles. The van der Waals surface area contributed by atoms with Gasteiger partial charge in [-0.1, -0.05) is 0 Å². The number of nitrogens with zero attached hydrogens (tertiary/aromatic N) is 5. The number of hydrogen-bond donors (Lipinski definition) is 1. The molecular weight excluding hydrogens is 328 g/mol. The first kappa shape index (κ1) is 16.8. The van der Waals surface area contributed by atoms with Crippen molar-refractivity contribution in [2.24, 2.45) is 0 Å². The lowest BCUT2D eigenvalue weighted by molar-refractivity contribution is 0.192. The quantitative estimate of drug-likeness (QED) is 0.917. The molecule has 2 aromatic rings. The van der Waals surface area contributed by atoms with Crippen molar-refractivity contribution in [1.29, 1.82) is 0 Å². The maximum atomic E-state index is 12.3. The number of nitrogens with one attached hydrogen (secondary N) is 1. The van der Waals surface area contributed by atoms with Gasteiger partial charge in [0.2, 0.25) is 0 Å². The van der Waals surface area contributed by atoms with Crippen LogP contribution in [0, 0.1) is 0 Å². The molecule has 0 aliphatic carbocycles. The number of carbonyl (C=O) groups is 1. The second kappa shape index (κ2) is 7.27. The topological polar surface area (TPSA) is 74.2 Å². The highest BCUT2D eigenvalue weighted by molar-refractivity contribution is 5.75. The van der Waals surface area contributed by atoms with Crippen LogP contribution in [0.4, 0.5) is 10.6 Å². The minimum atomic E-state index is -0.0122. The summed E-state index contributed by atoms with van der Waals surface area (Å²) in [6, 6.07) is 3.89. The molecule has 4 heterocycles. The number of anilines is 1. The summed E-state index contributed by atoms with van der Waals surface area (Å²) < 4.78 is 0. The van der Waals surface area contributed by atoms with Gasteiger partial charge < -0.3 is 15.1 Å². The van der Waals surface area contributed by atoms with Gasteiger partial charge in [0.05, 0.1) is 12.2 Å². The summed E-state index contributed by atoms with van der Waals surface area (Å²) in [5.74, 6) is 1.71. The molecule has 7 nitrogen and oxygen atoms in total. The van der Waals surface area contributed by atoms with Crippen molar-refractivity contribution in [2.45, 2.75) is 32.7 Å². The summed E-state index contributed by atoms with van der Waals surface area (Å²) in [5.41, 5.74) is 3.08. The number of pyridine rings is 1. The predicted octanol–water partition coefficient (Wildman–Crippen LogP) is 2.23. The first-order chi connectivity index (χ1) is 12.8. The van der Waals surface area contributed by atoms with E-state index in [9.17, 15) is 4.79 Å². The van der Waals surface area contributed by atoms with Crippen molar-refractivity contribution in [2.75, 3.05) is 31.1 Å². The van der Waals surface area contributed by atoms with Gasteiger partial charge in [-0.2, -0.15) is 0 Å². The molecule has 26 heavy (non-hydrogen) atoms. The minimum absolute atomic E-state index is 0.0122. The maximum Gasteiger partial charge on any atom is 0.317 e.